The summed E-state index contributed by atoms with van der Waals surface area (Å²) < 4.78 is 1.79. The Morgan fingerprint density at radius 2 is 1.88 bits per heavy atom. The van der Waals surface area contributed by atoms with Crippen LogP contribution in [0.5, 0.6) is 0 Å². The van der Waals surface area contributed by atoms with Gasteiger partial charge in [0.15, 0.2) is 0 Å². The number of amides is 1. The van der Waals surface area contributed by atoms with Crippen molar-refractivity contribution in [3.8, 4) is 0 Å². The molecular weight excluding hydrogens is 314 g/mol. The Labute approximate surface area is 149 Å². The van der Waals surface area contributed by atoms with E-state index in [0.29, 0.717) is 0 Å². The predicted molar refractivity (Wildman–Crippen MR) is 99.4 cm³/mol. The first-order valence-electron chi connectivity index (χ1n) is 8.81. The summed E-state index contributed by atoms with van der Waals surface area (Å²) in [6.45, 7) is 6.04. The van der Waals surface area contributed by atoms with Gasteiger partial charge in [-0.2, -0.15) is 5.10 Å². The molecule has 6 nitrogen and oxygen atoms in total. The number of piperazine rings is 1. The largest absolute Gasteiger partial charge is 0.368 e. The van der Waals surface area contributed by atoms with Crippen LogP contribution in [0.3, 0.4) is 0 Å². The summed E-state index contributed by atoms with van der Waals surface area (Å²) in [5.41, 5.74) is 2.36. The smallest absolute Gasteiger partial charge is 0.239 e. The number of benzene rings is 1. The Morgan fingerprint density at radius 1 is 1.20 bits per heavy atom. The Balaban J connectivity index is 1.53. The van der Waals surface area contributed by atoms with Gasteiger partial charge in [0.25, 0.3) is 0 Å². The second kappa shape index (κ2) is 7.70. The van der Waals surface area contributed by atoms with Crippen molar-refractivity contribution in [3.63, 3.8) is 0 Å². The van der Waals surface area contributed by atoms with Crippen molar-refractivity contribution in [2.45, 2.75) is 19.5 Å². The van der Waals surface area contributed by atoms with Gasteiger partial charge in [-0.3, -0.25) is 14.4 Å². The lowest BCUT2D eigenvalue weighted by Crippen LogP contribution is -2.53. The number of hydrogen-bond acceptors (Lipinski definition) is 4. The fourth-order valence-electron chi connectivity index (χ4n) is 3.26. The molecule has 2 heterocycles. The van der Waals surface area contributed by atoms with Crippen LogP contribution in [0.2, 0.25) is 0 Å². The van der Waals surface area contributed by atoms with Crippen LogP contribution in [0, 0.1) is 0 Å². The van der Waals surface area contributed by atoms with Gasteiger partial charge in [0, 0.05) is 57.2 Å². The molecule has 1 aromatic heterocycles. The third-order valence-corrected chi connectivity index (χ3v) is 4.92. The lowest BCUT2D eigenvalue weighted by Gasteiger charge is -2.38. The fourth-order valence-corrected chi connectivity index (χ4v) is 3.26. The van der Waals surface area contributed by atoms with Crippen LogP contribution in [0.15, 0.2) is 42.7 Å². The van der Waals surface area contributed by atoms with Gasteiger partial charge < -0.3 is 9.80 Å². The van der Waals surface area contributed by atoms with Crippen LogP contribution in [-0.4, -0.2) is 64.8 Å². The van der Waals surface area contributed by atoms with Crippen LogP contribution >= 0.6 is 0 Å². The van der Waals surface area contributed by atoms with Gasteiger partial charge in [-0.05, 0) is 26.1 Å². The Morgan fingerprint density at radius 3 is 2.48 bits per heavy atom. The zero-order valence-corrected chi connectivity index (χ0v) is 15.3. The summed E-state index contributed by atoms with van der Waals surface area (Å²) in [5, 5.41) is 4.19. The molecule has 1 aromatic carbocycles. The van der Waals surface area contributed by atoms with E-state index in [4.69, 9.17) is 0 Å². The minimum Gasteiger partial charge on any atom is -0.368 e. The zero-order chi connectivity index (χ0) is 17.8. The molecule has 1 amide bonds. The van der Waals surface area contributed by atoms with Crippen molar-refractivity contribution in [3.05, 3.63) is 48.3 Å². The molecule has 3 rings (SSSR count). The van der Waals surface area contributed by atoms with E-state index in [-0.39, 0.29) is 11.9 Å². The Bertz CT molecular complexity index is 691. The van der Waals surface area contributed by atoms with E-state index in [0.717, 1.165) is 38.3 Å². The van der Waals surface area contributed by atoms with E-state index in [2.05, 4.69) is 39.2 Å². The van der Waals surface area contributed by atoms with Gasteiger partial charge in [-0.15, -0.1) is 0 Å². The average molecular weight is 341 g/mol. The summed E-state index contributed by atoms with van der Waals surface area (Å²) in [6, 6.07) is 10.3. The molecule has 1 saturated heterocycles. The number of likely N-dealkylation sites (N-methyl/N-ethyl adjacent to an activating group) is 1. The lowest BCUT2D eigenvalue weighted by atomic mass is 10.2. The standard InChI is InChI=1S/C19H27N5O/c1-16(21(2)14-17-13-20-22(3)15-17)19(25)24-11-9-23(10-12-24)18-7-5-4-6-8-18/h4-8,13,15-16H,9-12,14H2,1-3H3. The molecule has 1 unspecified atom stereocenters. The highest BCUT2D eigenvalue weighted by molar-refractivity contribution is 5.81. The van der Waals surface area contributed by atoms with Crippen LogP contribution in [0.1, 0.15) is 12.5 Å². The molecule has 0 bridgehead atoms. The molecule has 0 radical (unpaired) electrons. The molecule has 0 N–H and O–H groups in total. The molecule has 0 saturated carbocycles. The molecule has 25 heavy (non-hydrogen) atoms. The number of hydrogen-bond donors (Lipinski definition) is 0. The highest BCUT2D eigenvalue weighted by Gasteiger charge is 2.27. The minimum atomic E-state index is -0.136. The van der Waals surface area contributed by atoms with Crippen LogP contribution in [0.25, 0.3) is 0 Å². The second-order valence-electron chi connectivity index (χ2n) is 6.76. The van der Waals surface area contributed by atoms with Crippen molar-refractivity contribution in [2.75, 3.05) is 38.1 Å². The predicted octanol–water partition coefficient (Wildman–Crippen LogP) is 1.59. The maximum Gasteiger partial charge on any atom is 0.239 e. The van der Waals surface area contributed by atoms with Gasteiger partial charge in [-0.1, -0.05) is 18.2 Å². The van der Waals surface area contributed by atoms with Crippen molar-refractivity contribution in [2.24, 2.45) is 7.05 Å². The number of nitrogens with zero attached hydrogens (tertiary/aromatic N) is 5. The lowest BCUT2D eigenvalue weighted by molar-refractivity contribution is -0.136. The monoisotopic (exact) mass is 341 g/mol. The van der Waals surface area contributed by atoms with Crippen LogP contribution < -0.4 is 4.90 Å². The van der Waals surface area contributed by atoms with Crippen molar-refractivity contribution < 1.29 is 4.79 Å². The SMILES string of the molecule is CC(C(=O)N1CCN(c2ccccc2)CC1)N(C)Cc1cnn(C)c1. The first-order chi connectivity index (χ1) is 12.0. The number of aromatic nitrogens is 2. The Hall–Kier alpha value is -2.34. The summed E-state index contributed by atoms with van der Waals surface area (Å²) in [4.78, 5) is 19.2. The molecule has 0 aliphatic carbocycles. The van der Waals surface area contributed by atoms with E-state index in [1.165, 1.54) is 5.69 Å². The number of anilines is 1. The van der Waals surface area contributed by atoms with Gasteiger partial charge >= 0.3 is 0 Å². The first kappa shape index (κ1) is 17.5. The highest BCUT2D eigenvalue weighted by atomic mass is 16.2. The van der Waals surface area contributed by atoms with Gasteiger partial charge in [0.2, 0.25) is 5.91 Å². The molecular formula is C19H27N5O. The van der Waals surface area contributed by atoms with E-state index in [1.54, 1.807) is 4.68 Å². The fraction of sp³-hybridized carbons (Fsp3) is 0.474. The molecule has 1 aliphatic rings. The number of rotatable bonds is 5. The minimum absolute atomic E-state index is 0.136. The summed E-state index contributed by atoms with van der Waals surface area (Å²) in [7, 11) is 3.90. The van der Waals surface area contributed by atoms with Crippen LogP contribution in [0.4, 0.5) is 5.69 Å². The number of carbonyl (C=O) groups is 1. The van der Waals surface area contributed by atoms with E-state index in [1.807, 2.05) is 44.4 Å². The topological polar surface area (TPSA) is 44.6 Å². The molecule has 134 valence electrons. The molecule has 1 fully saturated rings. The number of carbonyl (C=O) groups excluding carboxylic acids is 1. The molecule has 2 aromatic rings. The molecule has 6 heteroatoms. The zero-order valence-electron chi connectivity index (χ0n) is 15.3. The van der Waals surface area contributed by atoms with Crippen molar-refractivity contribution >= 4 is 11.6 Å². The van der Waals surface area contributed by atoms with E-state index < -0.39 is 0 Å². The molecule has 0 spiro atoms. The quantitative estimate of drug-likeness (QED) is 0.828. The van der Waals surface area contributed by atoms with Gasteiger partial charge in [-0.25, -0.2) is 0 Å². The summed E-state index contributed by atoms with van der Waals surface area (Å²) in [5.74, 6) is 0.208. The van der Waals surface area contributed by atoms with Crippen LogP contribution in [-0.2, 0) is 18.4 Å². The maximum atomic E-state index is 12.8. The Kier molecular flexibility index (Phi) is 5.38. The van der Waals surface area contributed by atoms with Crippen molar-refractivity contribution in [1.29, 1.82) is 0 Å². The highest BCUT2D eigenvalue weighted by Crippen LogP contribution is 2.16. The van der Waals surface area contributed by atoms with E-state index >= 15 is 0 Å². The molecule has 1 atom stereocenters. The summed E-state index contributed by atoms with van der Waals surface area (Å²) >= 11 is 0. The third-order valence-electron chi connectivity index (χ3n) is 4.92. The number of para-hydroxylation sites is 1. The van der Waals surface area contributed by atoms with Crippen molar-refractivity contribution in [1.82, 2.24) is 19.6 Å². The van der Waals surface area contributed by atoms with Gasteiger partial charge in [0.1, 0.15) is 0 Å². The average Bonchev–Trinajstić information content (AvgIpc) is 3.06. The summed E-state index contributed by atoms with van der Waals surface area (Å²) in [6.07, 6.45) is 3.85. The van der Waals surface area contributed by atoms with E-state index in [9.17, 15) is 4.79 Å². The first-order valence-corrected chi connectivity index (χ1v) is 8.81. The second-order valence-corrected chi connectivity index (χ2v) is 6.76. The molecule has 1 aliphatic heterocycles. The maximum absolute atomic E-state index is 12.8. The normalized spacial score (nSPS) is 16.3. The van der Waals surface area contributed by atoms with Gasteiger partial charge in [0.05, 0.1) is 12.2 Å². The third kappa shape index (κ3) is 4.20. The number of aryl methyl sites for hydroxylation is 1.